The highest BCUT2D eigenvalue weighted by Gasteiger charge is 2.31. The first-order chi connectivity index (χ1) is 6.19. The van der Waals surface area contributed by atoms with Gasteiger partial charge in [-0.1, -0.05) is 13.3 Å². The van der Waals surface area contributed by atoms with E-state index in [1.807, 2.05) is 19.0 Å². The molecule has 0 radical (unpaired) electrons. The molecule has 0 aliphatic carbocycles. The lowest BCUT2D eigenvalue weighted by Gasteiger charge is -2.20. The monoisotopic (exact) mass is 184 g/mol. The van der Waals surface area contributed by atoms with Gasteiger partial charge in [-0.05, 0) is 25.4 Å². The molecular weight excluding hydrogens is 164 g/mol. The number of amides is 1. The van der Waals surface area contributed by atoms with Crippen LogP contribution in [0, 0.1) is 11.8 Å². The summed E-state index contributed by atoms with van der Waals surface area (Å²) >= 11 is 0. The number of hydrogen-bond donors (Lipinski definition) is 1. The van der Waals surface area contributed by atoms with Crippen LogP contribution < -0.4 is 5.32 Å². The third-order valence-electron chi connectivity index (χ3n) is 3.03. The van der Waals surface area contributed by atoms with Gasteiger partial charge in [0, 0.05) is 20.0 Å². The number of carbonyl (C=O) groups excluding carboxylic acids is 1. The van der Waals surface area contributed by atoms with E-state index in [0.717, 1.165) is 25.9 Å². The maximum atomic E-state index is 11.3. The Hall–Kier alpha value is -0.570. The van der Waals surface area contributed by atoms with E-state index in [4.69, 9.17) is 0 Å². The van der Waals surface area contributed by atoms with Crippen LogP contribution in [0.3, 0.4) is 0 Å². The van der Waals surface area contributed by atoms with Gasteiger partial charge in [0.1, 0.15) is 0 Å². The van der Waals surface area contributed by atoms with Gasteiger partial charge >= 0.3 is 0 Å². The molecule has 3 nitrogen and oxygen atoms in total. The molecule has 1 N–H and O–H groups in total. The molecule has 1 amide bonds. The molecule has 2 unspecified atom stereocenters. The van der Waals surface area contributed by atoms with Gasteiger partial charge in [-0.2, -0.15) is 0 Å². The molecule has 0 aromatic heterocycles. The van der Waals surface area contributed by atoms with E-state index in [1.54, 1.807) is 0 Å². The van der Waals surface area contributed by atoms with Crippen molar-refractivity contribution in [3.05, 3.63) is 0 Å². The predicted octanol–water partition coefficient (Wildman–Crippen LogP) is 0.710. The summed E-state index contributed by atoms with van der Waals surface area (Å²) in [4.78, 5) is 13.2. The molecule has 0 aromatic carbocycles. The summed E-state index contributed by atoms with van der Waals surface area (Å²) in [6.07, 6.45) is 1.91. The molecular formula is C10H20N2O. The Morgan fingerprint density at radius 1 is 1.69 bits per heavy atom. The number of carbonyl (C=O) groups is 1. The van der Waals surface area contributed by atoms with Crippen LogP contribution in [-0.2, 0) is 4.79 Å². The minimum atomic E-state index is 0.305. The van der Waals surface area contributed by atoms with Gasteiger partial charge < -0.3 is 10.2 Å². The third kappa shape index (κ3) is 2.44. The lowest BCUT2D eigenvalue weighted by Crippen LogP contribution is -2.27. The molecule has 1 saturated heterocycles. The number of rotatable bonds is 4. The van der Waals surface area contributed by atoms with Crippen LogP contribution in [0.25, 0.3) is 0 Å². The first-order valence-electron chi connectivity index (χ1n) is 5.07. The molecule has 1 aliphatic heterocycles. The fraction of sp³-hybridized carbons (Fsp3) is 0.900. The third-order valence-corrected chi connectivity index (χ3v) is 3.03. The lowest BCUT2D eigenvalue weighted by atomic mass is 9.89. The summed E-state index contributed by atoms with van der Waals surface area (Å²) in [5.41, 5.74) is 0. The predicted molar refractivity (Wildman–Crippen MR) is 53.5 cm³/mol. The quantitative estimate of drug-likeness (QED) is 0.698. The minimum absolute atomic E-state index is 0.305. The Labute approximate surface area is 80.5 Å². The van der Waals surface area contributed by atoms with Crippen molar-refractivity contribution in [1.29, 1.82) is 0 Å². The molecule has 13 heavy (non-hydrogen) atoms. The Kier molecular flexibility index (Phi) is 3.72. The molecule has 0 saturated carbocycles. The molecule has 0 bridgehead atoms. The maximum absolute atomic E-state index is 11.3. The van der Waals surface area contributed by atoms with Gasteiger partial charge in [-0.25, -0.2) is 0 Å². The SMILES string of the molecule is CCC(CNC)C1CC(=O)N(C)C1. The van der Waals surface area contributed by atoms with Crippen LogP contribution in [0.5, 0.6) is 0 Å². The van der Waals surface area contributed by atoms with Crippen molar-refractivity contribution in [2.45, 2.75) is 19.8 Å². The van der Waals surface area contributed by atoms with E-state index in [2.05, 4.69) is 12.2 Å². The number of hydrogen-bond acceptors (Lipinski definition) is 2. The molecule has 1 fully saturated rings. The summed E-state index contributed by atoms with van der Waals surface area (Å²) in [5.74, 6) is 1.52. The van der Waals surface area contributed by atoms with E-state index >= 15 is 0 Å². The molecule has 0 aromatic rings. The Morgan fingerprint density at radius 2 is 2.38 bits per heavy atom. The van der Waals surface area contributed by atoms with Crippen molar-refractivity contribution < 1.29 is 4.79 Å². The second-order valence-corrected chi connectivity index (χ2v) is 3.96. The van der Waals surface area contributed by atoms with Crippen LogP contribution in [0.15, 0.2) is 0 Å². The summed E-state index contributed by atoms with van der Waals surface area (Å²) in [6.45, 7) is 4.17. The summed E-state index contributed by atoms with van der Waals surface area (Å²) in [7, 11) is 3.87. The molecule has 3 heteroatoms. The standard InChI is InChI=1S/C10H20N2O/c1-4-8(6-11-2)9-5-10(13)12(3)7-9/h8-9,11H,4-7H2,1-3H3. The van der Waals surface area contributed by atoms with E-state index in [1.165, 1.54) is 0 Å². The number of nitrogens with one attached hydrogen (secondary N) is 1. The fourth-order valence-corrected chi connectivity index (χ4v) is 2.12. The topological polar surface area (TPSA) is 32.3 Å². The highest BCUT2D eigenvalue weighted by molar-refractivity contribution is 5.78. The molecule has 2 atom stereocenters. The van der Waals surface area contributed by atoms with E-state index in [9.17, 15) is 4.79 Å². The molecule has 1 heterocycles. The Bertz CT molecular complexity index is 182. The normalized spacial score (nSPS) is 25.3. The zero-order valence-electron chi connectivity index (χ0n) is 8.84. The summed E-state index contributed by atoms with van der Waals surface area (Å²) in [6, 6.07) is 0. The van der Waals surface area contributed by atoms with Gasteiger partial charge in [0.25, 0.3) is 0 Å². The zero-order chi connectivity index (χ0) is 9.84. The first-order valence-corrected chi connectivity index (χ1v) is 5.07. The minimum Gasteiger partial charge on any atom is -0.345 e. The van der Waals surface area contributed by atoms with Gasteiger partial charge in [-0.3, -0.25) is 4.79 Å². The summed E-state index contributed by atoms with van der Waals surface area (Å²) < 4.78 is 0. The highest BCUT2D eigenvalue weighted by atomic mass is 16.2. The largest absolute Gasteiger partial charge is 0.345 e. The second kappa shape index (κ2) is 4.61. The number of likely N-dealkylation sites (tertiary alicyclic amines) is 1. The van der Waals surface area contributed by atoms with Crippen LogP contribution in [-0.4, -0.2) is 38.0 Å². The van der Waals surface area contributed by atoms with Crippen LogP contribution in [0.2, 0.25) is 0 Å². The van der Waals surface area contributed by atoms with E-state index in [-0.39, 0.29) is 0 Å². The van der Waals surface area contributed by atoms with Gasteiger partial charge in [0.05, 0.1) is 0 Å². The van der Waals surface area contributed by atoms with Gasteiger partial charge in [0.15, 0.2) is 0 Å². The lowest BCUT2D eigenvalue weighted by molar-refractivity contribution is -0.126. The van der Waals surface area contributed by atoms with Crippen LogP contribution in [0.1, 0.15) is 19.8 Å². The first kappa shape index (κ1) is 10.5. The molecule has 76 valence electrons. The van der Waals surface area contributed by atoms with Crippen molar-refractivity contribution in [2.24, 2.45) is 11.8 Å². The van der Waals surface area contributed by atoms with Crippen molar-refractivity contribution in [2.75, 3.05) is 27.2 Å². The average Bonchev–Trinajstić information content (AvgIpc) is 2.43. The van der Waals surface area contributed by atoms with Crippen molar-refractivity contribution >= 4 is 5.91 Å². The summed E-state index contributed by atoms with van der Waals surface area (Å²) in [5, 5.41) is 3.20. The highest BCUT2D eigenvalue weighted by Crippen LogP contribution is 2.25. The van der Waals surface area contributed by atoms with Crippen molar-refractivity contribution in [3.63, 3.8) is 0 Å². The Morgan fingerprint density at radius 3 is 2.77 bits per heavy atom. The van der Waals surface area contributed by atoms with Crippen molar-refractivity contribution in [1.82, 2.24) is 10.2 Å². The molecule has 0 spiro atoms. The van der Waals surface area contributed by atoms with E-state index in [0.29, 0.717) is 17.7 Å². The van der Waals surface area contributed by atoms with Crippen molar-refractivity contribution in [3.8, 4) is 0 Å². The maximum Gasteiger partial charge on any atom is 0.222 e. The van der Waals surface area contributed by atoms with Crippen LogP contribution >= 0.6 is 0 Å². The number of nitrogens with zero attached hydrogens (tertiary/aromatic N) is 1. The fourth-order valence-electron chi connectivity index (χ4n) is 2.12. The zero-order valence-corrected chi connectivity index (χ0v) is 8.84. The van der Waals surface area contributed by atoms with Gasteiger partial charge in [0.2, 0.25) is 5.91 Å². The second-order valence-electron chi connectivity index (χ2n) is 3.96. The van der Waals surface area contributed by atoms with E-state index < -0.39 is 0 Å². The average molecular weight is 184 g/mol. The molecule has 1 rings (SSSR count). The Balaban J connectivity index is 2.47. The smallest absolute Gasteiger partial charge is 0.222 e. The molecule has 1 aliphatic rings. The van der Waals surface area contributed by atoms with Gasteiger partial charge in [-0.15, -0.1) is 0 Å². The van der Waals surface area contributed by atoms with Crippen LogP contribution in [0.4, 0.5) is 0 Å².